The predicted molar refractivity (Wildman–Crippen MR) is 69.8 cm³/mol. The number of fused-ring (bicyclic) bond motifs is 1. The van der Waals surface area contributed by atoms with E-state index in [9.17, 15) is 9.59 Å². The maximum absolute atomic E-state index is 12.3. The van der Waals surface area contributed by atoms with E-state index in [2.05, 4.69) is 0 Å². The largest absolute Gasteiger partial charge is 0.480 e. The molecule has 1 aliphatic rings. The number of thioether (sulfide) groups is 1. The zero-order chi connectivity index (χ0) is 13.3. The van der Waals surface area contributed by atoms with Gasteiger partial charge in [-0.1, -0.05) is 18.2 Å². The molecule has 1 aliphatic heterocycles. The fourth-order valence-corrected chi connectivity index (χ4v) is 3.19. The van der Waals surface area contributed by atoms with Gasteiger partial charge in [-0.2, -0.15) is 0 Å². The van der Waals surface area contributed by atoms with E-state index in [1.54, 1.807) is 18.8 Å². The van der Waals surface area contributed by atoms with Crippen LogP contribution in [0.15, 0.2) is 29.2 Å². The molecule has 4 nitrogen and oxygen atoms in total. The first-order chi connectivity index (χ1) is 8.52. The van der Waals surface area contributed by atoms with E-state index >= 15 is 0 Å². The van der Waals surface area contributed by atoms with E-state index in [4.69, 9.17) is 5.11 Å². The molecular weight excluding hydrogens is 250 g/mol. The molecular formula is C13H15NO3S. The molecule has 2 rings (SSSR count). The molecule has 1 N–H and O–H groups in total. The summed E-state index contributed by atoms with van der Waals surface area (Å²) >= 11 is 1.65. The van der Waals surface area contributed by atoms with Crippen LogP contribution in [0.5, 0.6) is 0 Å². The molecule has 0 radical (unpaired) electrons. The molecule has 0 saturated carbocycles. The van der Waals surface area contributed by atoms with Crippen molar-refractivity contribution in [1.29, 1.82) is 0 Å². The molecule has 1 heterocycles. The highest BCUT2D eigenvalue weighted by atomic mass is 32.2. The normalized spacial score (nSPS) is 19.1. The lowest BCUT2D eigenvalue weighted by Crippen LogP contribution is -2.42. The van der Waals surface area contributed by atoms with Crippen molar-refractivity contribution >= 4 is 23.6 Å². The minimum atomic E-state index is -0.982. The average molecular weight is 265 g/mol. The number of aliphatic carboxylic acids is 1. The second-order valence-electron chi connectivity index (χ2n) is 4.36. The number of carboxylic acid groups (broad SMARTS) is 1. The topological polar surface area (TPSA) is 57.6 Å². The van der Waals surface area contributed by atoms with E-state index in [-0.39, 0.29) is 11.8 Å². The number of hydrogen-bond acceptors (Lipinski definition) is 3. The highest BCUT2D eigenvalue weighted by Crippen LogP contribution is 2.40. The number of likely N-dealkylation sites (N-methyl/N-ethyl adjacent to an activating group) is 1. The number of rotatable bonds is 3. The Bertz CT molecular complexity index is 489. The van der Waals surface area contributed by atoms with Crippen LogP contribution in [0.25, 0.3) is 0 Å². The van der Waals surface area contributed by atoms with Crippen molar-refractivity contribution in [3.63, 3.8) is 0 Å². The second kappa shape index (κ2) is 5.02. The van der Waals surface area contributed by atoms with E-state index < -0.39 is 12.0 Å². The van der Waals surface area contributed by atoms with Crippen LogP contribution >= 0.6 is 11.8 Å². The van der Waals surface area contributed by atoms with Crippen molar-refractivity contribution in [2.45, 2.75) is 23.8 Å². The van der Waals surface area contributed by atoms with Crippen LogP contribution < -0.4 is 0 Å². The van der Waals surface area contributed by atoms with Crippen molar-refractivity contribution in [3.05, 3.63) is 29.8 Å². The molecule has 0 saturated heterocycles. The molecule has 1 aromatic carbocycles. The van der Waals surface area contributed by atoms with Gasteiger partial charge in [-0.05, 0) is 18.6 Å². The highest BCUT2D eigenvalue weighted by Gasteiger charge is 2.33. The van der Waals surface area contributed by atoms with Crippen molar-refractivity contribution in [2.75, 3.05) is 12.8 Å². The predicted octanol–water partition coefficient (Wildman–Crippen LogP) is 1.81. The zero-order valence-corrected chi connectivity index (χ0v) is 11.1. The van der Waals surface area contributed by atoms with Gasteiger partial charge in [0.15, 0.2) is 0 Å². The molecule has 0 spiro atoms. The number of nitrogens with zero attached hydrogens (tertiary/aromatic N) is 1. The lowest BCUT2D eigenvalue weighted by molar-refractivity contribution is -0.148. The van der Waals surface area contributed by atoms with Gasteiger partial charge in [0.2, 0.25) is 5.91 Å². The Morgan fingerprint density at radius 3 is 2.78 bits per heavy atom. The van der Waals surface area contributed by atoms with Crippen LogP contribution in [0.3, 0.4) is 0 Å². The van der Waals surface area contributed by atoms with Gasteiger partial charge in [-0.3, -0.25) is 4.79 Å². The SMILES string of the molecule is CC(C(=O)O)N(C)C(=O)C1CSc2ccccc21. The molecule has 2 atom stereocenters. The summed E-state index contributed by atoms with van der Waals surface area (Å²) < 4.78 is 0. The van der Waals surface area contributed by atoms with Gasteiger partial charge in [0.1, 0.15) is 6.04 Å². The van der Waals surface area contributed by atoms with Gasteiger partial charge in [0.25, 0.3) is 0 Å². The number of hydrogen-bond donors (Lipinski definition) is 1. The van der Waals surface area contributed by atoms with Crippen LogP contribution in [0, 0.1) is 0 Å². The van der Waals surface area contributed by atoms with E-state index in [1.807, 2.05) is 24.3 Å². The summed E-state index contributed by atoms with van der Waals surface area (Å²) in [6.45, 7) is 1.52. The minimum Gasteiger partial charge on any atom is -0.480 e. The lowest BCUT2D eigenvalue weighted by atomic mass is 9.99. The summed E-state index contributed by atoms with van der Waals surface area (Å²) in [6, 6.07) is 6.99. The molecule has 5 heteroatoms. The summed E-state index contributed by atoms with van der Waals surface area (Å²) in [7, 11) is 1.55. The monoisotopic (exact) mass is 265 g/mol. The molecule has 0 bridgehead atoms. The number of benzene rings is 1. The summed E-state index contributed by atoms with van der Waals surface area (Å²) in [4.78, 5) is 25.6. The Morgan fingerprint density at radius 2 is 2.11 bits per heavy atom. The highest BCUT2D eigenvalue weighted by molar-refractivity contribution is 7.99. The van der Waals surface area contributed by atoms with Gasteiger partial charge in [0, 0.05) is 17.7 Å². The molecule has 1 amide bonds. The standard InChI is InChI=1S/C13H15NO3S/c1-8(13(16)17)14(2)12(15)10-7-18-11-6-4-3-5-9(10)11/h3-6,8,10H,7H2,1-2H3,(H,16,17). The first-order valence-electron chi connectivity index (χ1n) is 5.73. The van der Waals surface area contributed by atoms with Crippen LogP contribution in [0.2, 0.25) is 0 Å². The average Bonchev–Trinajstić information content (AvgIpc) is 2.79. The van der Waals surface area contributed by atoms with Crippen LogP contribution in [-0.2, 0) is 9.59 Å². The fourth-order valence-electron chi connectivity index (χ4n) is 1.97. The third-order valence-corrected chi connectivity index (χ3v) is 4.47. The second-order valence-corrected chi connectivity index (χ2v) is 5.43. The van der Waals surface area contributed by atoms with Gasteiger partial charge < -0.3 is 10.0 Å². The van der Waals surface area contributed by atoms with Crippen LogP contribution in [-0.4, -0.2) is 40.7 Å². The summed E-state index contributed by atoms with van der Waals surface area (Å²) in [6.07, 6.45) is 0. The Hall–Kier alpha value is -1.49. The number of amides is 1. The maximum Gasteiger partial charge on any atom is 0.326 e. The van der Waals surface area contributed by atoms with Crippen LogP contribution in [0.4, 0.5) is 0 Å². The smallest absolute Gasteiger partial charge is 0.326 e. The number of carbonyl (C=O) groups excluding carboxylic acids is 1. The number of carboxylic acids is 1. The maximum atomic E-state index is 12.3. The van der Waals surface area contributed by atoms with E-state index in [0.717, 1.165) is 10.5 Å². The first kappa shape index (κ1) is 13.0. The van der Waals surface area contributed by atoms with E-state index in [1.165, 1.54) is 11.8 Å². The molecule has 0 aromatic heterocycles. The van der Waals surface area contributed by atoms with Gasteiger partial charge in [-0.25, -0.2) is 4.79 Å². The van der Waals surface area contributed by atoms with Gasteiger partial charge in [0.05, 0.1) is 5.92 Å². The Labute approximate surface area is 110 Å². The van der Waals surface area contributed by atoms with Crippen molar-refractivity contribution in [3.8, 4) is 0 Å². The Balaban J connectivity index is 2.19. The molecule has 2 unspecified atom stereocenters. The molecule has 18 heavy (non-hydrogen) atoms. The third kappa shape index (κ3) is 2.22. The molecule has 0 fully saturated rings. The minimum absolute atomic E-state index is 0.123. The van der Waals surface area contributed by atoms with Gasteiger partial charge in [-0.15, -0.1) is 11.8 Å². The Kier molecular flexibility index (Phi) is 3.61. The molecule has 96 valence electrons. The van der Waals surface area contributed by atoms with Crippen molar-refractivity contribution < 1.29 is 14.7 Å². The summed E-state index contributed by atoms with van der Waals surface area (Å²) in [5.74, 6) is -0.639. The lowest BCUT2D eigenvalue weighted by Gasteiger charge is -2.24. The fraction of sp³-hybridized carbons (Fsp3) is 0.385. The third-order valence-electron chi connectivity index (χ3n) is 3.28. The van der Waals surface area contributed by atoms with Crippen molar-refractivity contribution in [2.24, 2.45) is 0 Å². The summed E-state index contributed by atoms with van der Waals surface area (Å²) in [5, 5.41) is 8.94. The van der Waals surface area contributed by atoms with E-state index in [0.29, 0.717) is 5.75 Å². The van der Waals surface area contributed by atoms with Gasteiger partial charge >= 0.3 is 5.97 Å². The molecule has 1 aromatic rings. The first-order valence-corrected chi connectivity index (χ1v) is 6.72. The zero-order valence-electron chi connectivity index (χ0n) is 10.3. The quantitative estimate of drug-likeness (QED) is 0.905. The number of carbonyl (C=O) groups is 2. The summed E-state index contributed by atoms with van der Waals surface area (Å²) in [5.41, 5.74) is 1.01. The van der Waals surface area contributed by atoms with Crippen molar-refractivity contribution in [1.82, 2.24) is 4.90 Å². The van der Waals surface area contributed by atoms with Crippen LogP contribution in [0.1, 0.15) is 18.4 Å². The Morgan fingerprint density at radius 1 is 1.44 bits per heavy atom. The molecule has 0 aliphatic carbocycles.